The van der Waals surface area contributed by atoms with Crippen molar-refractivity contribution in [2.75, 3.05) is 0 Å². The maximum Gasteiger partial charge on any atom is 0.242 e. The Balaban J connectivity index is 1.64. The zero-order valence-corrected chi connectivity index (χ0v) is 11.3. The Hall–Kier alpha value is -2.69. The zero-order valence-electron chi connectivity index (χ0n) is 11.3. The van der Waals surface area contributed by atoms with E-state index in [-0.39, 0.29) is 18.3 Å². The molecule has 0 fully saturated rings. The molecular weight excluding hydrogens is 269 g/mol. The van der Waals surface area contributed by atoms with Crippen LogP contribution in [0.5, 0.6) is 0 Å². The van der Waals surface area contributed by atoms with Crippen molar-refractivity contribution in [1.82, 2.24) is 15.1 Å². The van der Waals surface area contributed by atoms with Crippen LogP contribution in [0.2, 0.25) is 0 Å². The van der Waals surface area contributed by atoms with Gasteiger partial charge in [-0.05, 0) is 23.8 Å². The molecule has 2 aromatic carbocycles. The minimum atomic E-state index is -0.306. The Labute approximate surface area is 121 Å². The third-order valence-corrected chi connectivity index (χ3v) is 3.22. The smallest absolute Gasteiger partial charge is 0.242 e. The van der Waals surface area contributed by atoms with Gasteiger partial charge in [-0.3, -0.25) is 9.48 Å². The molecule has 106 valence electrons. The number of aromatic nitrogens is 2. The highest BCUT2D eigenvalue weighted by Gasteiger charge is 2.07. The predicted molar refractivity (Wildman–Crippen MR) is 78.0 cm³/mol. The molecule has 1 aromatic heterocycles. The third kappa shape index (κ3) is 3.08. The highest BCUT2D eigenvalue weighted by molar-refractivity contribution is 5.81. The lowest BCUT2D eigenvalue weighted by molar-refractivity contribution is -0.121. The van der Waals surface area contributed by atoms with E-state index in [0.29, 0.717) is 6.54 Å². The van der Waals surface area contributed by atoms with Gasteiger partial charge in [-0.1, -0.05) is 30.3 Å². The second kappa shape index (κ2) is 5.75. The number of carbonyl (C=O) groups excluding carboxylic acids is 1. The quantitative estimate of drug-likeness (QED) is 0.799. The maximum absolute atomic E-state index is 13.0. The molecule has 3 rings (SSSR count). The summed E-state index contributed by atoms with van der Waals surface area (Å²) in [4.78, 5) is 11.9. The molecule has 0 aliphatic heterocycles. The molecule has 0 atom stereocenters. The van der Waals surface area contributed by atoms with Crippen LogP contribution in [0.1, 0.15) is 5.56 Å². The number of rotatable bonds is 4. The van der Waals surface area contributed by atoms with Gasteiger partial charge in [-0.15, -0.1) is 0 Å². The molecule has 4 nitrogen and oxygen atoms in total. The van der Waals surface area contributed by atoms with E-state index in [1.54, 1.807) is 23.0 Å². The first-order chi connectivity index (χ1) is 10.2. The van der Waals surface area contributed by atoms with Gasteiger partial charge in [-0.2, -0.15) is 5.10 Å². The summed E-state index contributed by atoms with van der Waals surface area (Å²) >= 11 is 0. The first-order valence-electron chi connectivity index (χ1n) is 6.64. The fraction of sp³-hybridized carbons (Fsp3) is 0.125. The van der Waals surface area contributed by atoms with Gasteiger partial charge in [-0.25, -0.2) is 4.39 Å². The average Bonchev–Trinajstić information content (AvgIpc) is 2.89. The van der Waals surface area contributed by atoms with Crippen molar-refractivity contribution in [3.8, 4) is 0 Å². The zero-order chi connectivity index (χ0) is 14.7. The first-order valence-corrected chi connectivity index (χ1v) is 6.64. The van der Waals surface area contributed by atoms with E-state index in [1.807, 2.05) is 24.3 Å². The van der Waals surface area contributed by atoms with Crippen molar-refractivity contribution < 1.29 is 9.18 Å². The molecule has 0 saturated carbocycles. The Bertz CT molecular complexity index is 782. The van der Waals surface area contributed by atoms with Crippen LogP contribution in [-0.2, 0) is 17.9 Å². The monoisotopic (exact) mass is 283 g/mol. The highest BCUT2D eigenvalue weighted by atomic mass is 19.1. The summed E-state index contributed by atoms with van der Waals surface area (Å²) in [5, 5.41) is 7.96. The number of amides is 1. The third-order valence-electron chi connectivity index (χ3n) is 3.22. The lowest BCUT2D eigenvalue weighted by Crippen LogP contribution is -2.27. The average molecular weight is 283 g/mol. The highest BCUT2D eigenvalue weighted by Crippen LogP contribution is 2.12. The summed E-state index contributed by atoms with van der Waals surface area (Å²) in [5.74, 6) is -0.465. The van der Waals surface area contributed by atoms with E-state index >= 15 is 0 Å². The van der Waals surface area contributed by atoms with Crippen molar-refractivity contribution in [3.05, 3.63) is 66.1 Å². The van der Waals surface area contributed by atoms with Crippen molar-refractivity contribution in [1.29, 1.82) is 0 Å². The Morgan fingerprint density at radius 2 is 2.05 bits per heavy atom. The predicted octanol–water partition coefficient (Wildman–Crippen LogP) is 2.49. The lowest BCUT2D eigenvalue weighted by Gasteiger charge is -2.06. The number of fused-ring (bicyclic) bond motifs is 1. The number of carbonyl (C=O) groups is 1. The van der Waals surface area contributed by atoms with Crippen LogP contribution in [-0.4, -0.2) is 15.7 Å². The largest absolute Gasteiger partial charge is 0.350 e. The molecule has 0 radical (unpaired) electrons. The molecule has 1 amide bonds. The number of nitrogens with zero attached hydrogens (tertiary/aromatic N) is 2. The summed E-state index contributed by atoms with van der Waals surface area (Å²) in [6.45, 7) is 0.443. The molecule has 5 heteroatoms. The fourth-order valence-corrected chi connectivity index (χ4v) is 2.19. The van der Waals surface area contributed by atoms with Crippen molar-refractivity contribution in [3.63, 3.8) is 0 Å². The summed E-state index contributed by atoms with van der Waals surface area (Å²) in [7, 11) is 0. The summed E-state index contributed by atoms with van der Waals surface area (Å²) in [6.07, 6.45) is 1.73. The van der Waals surface area contributed by atoms with Gasteiger partial charge in [0, 0.05) is 11.9 Å². The number of hydrogen-bond acceptors (Lipinski definition) is 2. The molecule has 0 aliphatic carbocycles. The van der Waals surface area contributed by atoms with Gasteiger partial charge in [0.2, 0.25) is 5.91 Å². The van der Waals surface area contributed by atoms with Crippen molar-refractivity contribution in [2.45, 2.75) is 13.1 Å². The van der Waals surface area contributed by atoms with E-state index in [4.69, 9.17) is 0 Å². The number of para-hydroxylation sites is 1. The van der Waals surface area contributed by atoms with Crippen molar-refractivity contribution >= 4 is 16.8 Å². The molecule has 3 aromatic rings. The molecule has 0 saturated heterocycles. The topological polar surface area (TPSA) is 46.9 Å². The van der Waals surface area contributed by atoms with E-state index in [1.165, 1.54) is 12.1 Å². The summed E-state index contributed by atoms with van der Waals surface area (Å²) in [6, 6.07) is 13.9. The van der Waals surface area contributed by atoms with Gasteiger partial charge >= 0.3 is 0 Å². The van der Waals surface area contributed by atoms with Gasteiger partial charge in [0.05, 0.1) is 11.7 Å². The number of hydrogen-bond donors (Lipinski definition) is 1. The van der Waals surface area contributed by atoms with Crippen LogP contribution < -0.4 is 5.32 Å². The summed E-state index contributed by atoms with van der Waals surface area (Å²) < 4.78 is 14.7. The minimum Gasteiger partial charge on any atom is -0.350 e. The van der Waals surface area contributed by atoms with Gasteiger partial charge in [0.15, 0.2) is 0 Å². The van der Waals surface area contributed by atoms with Crippen LogP contribution in [0, 0.1) is 5.82 Å². The van der Waals surface area contributed by atoms with E-state index in [0.717, 1.165) is 16.5 Å². The first kappa shape index (κ1) is 13.3. The van der Waals surface area contributed by atoms with Crippen LogP contribution in [0.4, 0.5) is 4.39 Å². The molecule has 0 aliphatic rings. The molecule has 0 spiro atoms. The van der Waals surface area contributed by atoms with Gasteiger partial charge in [0.25, 0.3) is 0 Å². The normalized spacial score (nSPS) is 10.7. The van der Waals surface area contributed by atoms with Crippen LogP contribution in [0.25, 0.3) is 10.9 Å². The second-order valence-electron chi connectivity index (χ2n) is 4.77. The molecule has 1 heterocycles. The maximum atomic E-state index is 13.0. The summed E-state index contributed by atoms with van der Waals surface area (Å²) in [5.41, 5.74) is 1.65. The standard InChI is InChI=1S/C16H14FN3O/c17-14-6-3-4-12(8-14)9-18-16(21)11-20-15-7-2-1-5-13(15)10-19-20/h1-8,10H,9,11H2,(H,18,21). The van der Waals surface area contributed by atoms with E-state index in [9.17, 15) is 9.18 Å². The molecule has 1 N–H and O–H groups in total. The van der Waals surface area contributed by atoms with E-state index < -0.39 is 0 Å². The molecule has 0 unspecified atom stereocenters. The van der Waals surface area contributed by atoms with Crippen molar-refractivity contribution in [2.24, 2.45) is 0 Å². The van der Waals surface area contributed by atoms with Gasteiger partial charge < -0.3 is 5.32 Å². The Morgan fingerprint density at radius 3 is 2.90 bits per heavy atom. The Kier molecular flexibility index (Phi) is 3.64. The number of benzene rings is 2. The van der Waals surface area contributed by atoms with Crippen LogP contribution in [0.3, 0.4) is 0 Å². The number of nitrogens with one attached hydrogen (secondary N) is 1. The lowest BCUT2D eigenvalue weighted by atomic mass is 10.2. The molecule has 0 bridgehead atoms. The SMILES string of the molecule is O=C(Cn1ncc2ccccc21)NCc1cccc(F)c1. The Morgan fingerprint density at radius 1 is 1.19 bits per heavy atom. The van der Waals surface area contributed by atoms with Crippen LogP contribution in [0.15, 0.2) is 54.7 Å². The molecule has 21 heavy (non-hydrogen) atoms. The molecular formula is C16H14FN3O. The van der Waals surface area contributed by atoms with E-state index in [2.05, 4.69) is 10.4 Å². The minimum absolute atomic E-state index is 0.142. The van der Waals surface area contributed by atoms with Gasteiger partial charge in [0.1, 0.15) is 12.4 Å². The second-order valence-corrected chi connectivity index (χ2v) is 4.77. The number of halogens is 1. The fourth-order valence-electron chi connectivity index (χ4n) is 2.19. The van der Waals surface area contributed by atoms with Crippen LogP contribution >= 0.6 is 0 Å².